The van der Waals surface area contributed by atoms with Gasteiger partial charge in [-0.25, -0.2) is 4.79 Å². The summed E-state index contributed by atoms with van der Waals surface area (Å²) in [6.45, 7) is 8.86. The molecule has 0 aromatic heterocycles. The molecule has 0 aromatic rings. The van der Waals surface area contributed by atoms with Gasteiger partial charge in [0.15, 0.2) is 0 Å². The van der Waals surface area contributed by atoms with E-state index in [0.29, 0.717) is 11.8 Å². The first-order chi connectivity index (χ1) is 11.1. The molecule has 3 heteroatoms. The summed E-state index contributed by atoms with van der Waals surface area (Å²) in [5.74, 6) is 1.47. The molecule has 4 rings (SSSR count). The number of carbonyl (C=O) groups is 1. The van der Waals surface area contributed by atoms with Gasteiger partial charge in [-0.1, -0.05) is 26.8 Å². The molecule has 4 bridgehead atoms. The summed E-state index contributed by atoms with van der Waals surface area (Å²) in [4.78, 5) is 12.1. The van der Waals surface area contributed by atoms with Crippen LogP contribution in [0.25, 0.3) is 0 Å². The van der Waals surface area contributed by atoms with Crippen LogP contribution in [0.2, 0.25) is 0 Å². The predicted molar refractivity (Wildman–Crippen MR) is 91.1 cm³/mol. The van der Waals surface area contributed by atoms with Crippen molar-refractivity contribution >= 4 is 5.97 Å². The molecular formula is C20H32O3. The van der Waals surface area contributed by atoms with E-state index >= 15 is 0 Å². The van der Waals surface area contributed by atoms with Gasteiger partial charge in [0.1, 0.15) is 5.60 Å². The zero-order valence-electron chi connectivity index (χ0n) is 14.8. The van der Waals surface area contributed by atoms with Crippen LogP contribution in [-0.2, 0) is 14.3 Å². The molecule has 4 aliphatic carbocycles. The minimum atomic E-state index is -0.253. The maximum absolute atomic E-state index is 12.1. The summed E-state index contributed by atoms with van der Waals surface area (Å²) < 4.78 is 12.5. The fourth-order valence-corrected chi connectivity index (χ4v) is 5.79. The van der Waals surface area contributed by atoms with Gasteiger partial charge in [0, 0.05) is 24.5 Å². The molecule has 3 nitrogen and oxygen atoms in total. The minimum Gasteiger partial charge on any atom is -0.455 e. The van der Waals surface area contributed by atoms with Crippen LogP contribution in [0.15, 0.2) is 12.7 Å². The first kappa shape index (κ1) is 17.0. The molecule has 0 amide bonds. The Labute approximate surface area is 140 Å². The number of esters is 1. The molecular weight excluding hydrogens is 288 g/mol. The Morgan fingerprint density at radius 2 is 1.87 bits per heavy atom. The van der Waals surface area contributed by atoms with Crippen molar-refractivity contribution in [2.24, 2.45) is 17.8 Å². The van der Waals surface area contributed by atoms with Gasteiger partial charge in [0.2, 0.25) is 0 Å². The van der Waals surface area contributed by atoms with Crippen LogP contribution in [0.4, 0.5) is 0 Å². The fourth-order valence-electron chi connectivity index (χ4n) is 5.79. The Morgan fingerprint density at radius 1 is 1.17 bits per heavy atom. The summed E-state index contributed by atoms with van der Waals surface area (Å²) in [5, 5.41) is 0. The fraction of sp³-hybridized carbons (Fsp3) is 0.850. The zero-order valence-corrected chi connectivity index (χ0v) is 14.8. The van der Waals surface area contributed by atoms with Crippen LogP contribution in [-0.4, -0.2) is 23.8 Å². The molecule has 0 heterocycles. The smallest absolute Gasteiger partial charge is 0.330 e. The summed E-state index contributed by atoms with van der Waals surface area (Å²) in [5.41, 5.74) is -0.180. The highest BCUT2D eigenvalue weighted by atomic mass is 16.6. The maximum atomic E-state index is 12.1. The monoisotopic (exact) mass is 320 g/mol. The van der Waals surface area contributed by atoms with E-state index in [0.717, 1.165) is 51.0 Å². The summed E-state index contributed by atoms with van der Waals surface area (Å²) in [7, 11) is 0. The van der Waals surface area contributed by atoms with E-state index in [1.807, 2.05) is 0 Å². The lowest BCUT2D eigenvalue weighted by Gasteiger charge is -2.64. The van der Waals surface area contributed by atoms with E-state index in [4.69, 9.17) is 9.47 Å². The Kier molecular flexibility index (Phi) is 4.87. The van der Waals surface area contributed by atoms with E-state index in [1.54, 1.807) is 0 Å². The normalized spacial score (nSPS) is 41.0. The van der Waals surface area contributed by atoms with Crippen molar-refractivity contribution in [1.82, 2.24) is 0 Å². The molecule has 0 N–H and O–H groups in total. The lowest BCUT2D eigenvalue weighted by molar-refractivity contribution is -0.253. The Bertz CT molecular complexity index is 440. The first-order valence-electron chi connectivity index (χ1n) is 9.57. The van der Waals surface area contributed by atoms with Crippen LogP contribution < -0.4 is 0 Å². The summed E-state index contributed by atoms with van der Waals surface area (Å²) in [6.07, 6.45) is 11.5. The predicted octanol–water partition coefficient (Wildman–Crippen LogP) is 4.65. The molecule has 0 aromatic carbocycles. The van der Waals surface area contributed by atoms with Gasteiger partial charge >= 0.3 is 5.97 Å². The molecule has 4 aliphatic rings. The largest absolute Gasteiger partial charge is 0.455 e. The molecule has 0 aliphatic heterocycles. The third kappa shape index (κ3) is 2.97. The second kappa shape index (κ2) is 6.58. The van der Waals surface area contributed by atoms with Crippen molar-refractivity contribution in [1.29, 1.82) is 0 Å². The van der Waals surface area contributed by atoms with Crippen LogP contribution in [0.5, 0.6) is 0 Å². The molecule has 4 saturated carbocycles. The van der Waals surface area contributed by atoms with Crippen LogP contribution in [0.3, 0.4) is 0 Å². The number of carbonyl (C=O) groups excluding carboxylic acids is 1. The second-order valence-corrected chi connectivity index (χ2v) is 8.06. The standard InChI is InChI=1S/C20H32O3/c1-4-7-8-20(23-18(21)6-3)16-10-15-11-17(20)14-19(12-15,13-16)22-9-5-2/h6,15-17H,3-5,7-14H2,1-2H3. The molecule has 0 spiro atoms. The average Bonchev–Trinajstić information content (AvgIpc) is 2.54. The number of hydrogen-bond acceptors (Lipinski definition) is 3. The minimum absolute atomic E-state index is 0.0722. The highest BCUT2D eigenvalue weighted by Crippen LogP contribution is 2.63. The van der Waals surface area contributed by atoms with Crippen molar-refractivity contribution in [3.8, 4) is 0 Å². The van der Waals surface area contributed by atoms with Crippen LogP contribution in [0, 0.1) is 17.8 Å². The van der Waals surface area contributed by atoms with Gasteiger partial charge in [-0.15, -0.1) is 0 Å². The van der Waals surface area contributed by atoms with Gasteiger partial charge < -0.3 is 9.47 Å². The number of rotatable bonds is 8. The third-order valence-corrected chi connectivity index (χ3v) is 6.51. The van der Waals surface area contributed by atoms with Crippen molar-refractivity contribution in [2.75, 3.05) is 6.61 Å². The molecule has 130 valence electrons. The van der Waals surface area contributed by atoms with Crippen molar-refractivity contribution < 1.29 is 14.3 Å². The quantitative estimate of drug-likeness (QED) is 0.482. The van der Waals surface area contributed by atoms with Crippen LogP contribution >= 0.6 is 0 Å². The van der Waals surface area contributed by atoms with E-state index in [1.165, 1.54) is 25.3 Å². The number of ether oxygens (including phenoxy) is 2. The van der Waals surface area contributed by atoms with Crippen molar-refractivity contribution in [3.63, 3.8) is 0 Å². The molecule has 0 radical (unpaired) electrons. The van der Waals surface area contributed by atoms with E-state index < -0.39 is 0 Å². The Balaban J connectivity index is 1.84. The number of unbranched alkanes of at least 4 members (excludes halogenated alkanes) is 1. The lowest BCUT2D eigenvalue weighted by atomic mass is 9.47. The van der Waals surface area contributed by atoms with Gasteiger partial charge in [-0.05, 0) is 57.3 Å². The van der Waals surface area contributed by atoms with E-state index in [9.17, 15) is 4.79 Å². The first-order valence-corrected chi connectivity index (χ1v) is 9.57. The third-order valence-electron chi connectivity index (χ3n) is 6.51. The van der Waals surface area contributed by atoms with Crippen molar-refractivity contribution in [2.45, 2.75) is 82.8 Å². The topological polar surface area (TPSA) is 35.5 Å². The highest BCUT2D eigenvalue weighted by Gasteiger charge is 2.64. The molecule has 0 saturated heterocycles. The lowest BCUT2D eigenvalue weighted by Crippen LogP contribution is -2.65. The number of hydrogen-bond donors (Lipinski definition) is 0. The summed E-state index contributed by atoms with van der Waals surface area (Å²) in [6, 6.07) is 0. The average molecular weight is 320 g/mol. The second-order valence-electron chi connectivity index (χ2n) is 8.06. The van der Waals surface area contributed by atoms with Gasteiger partial charge in [-0.3, -0.25) is 0 Å². The Morgan fingerprint density at radius 3 is 2.43 bits per heavy atom. The van der Waals surface area contributed by atoms with E-state index in [-0.39, 0.29) is 17.2 Å². The Hall–Kier alpha value is -0.830. The summed E-state index contributed by atoms with van der Waals surface area (Å²) >= 11 is 0. The maximum Gasteiger partial charge on any atom is 0.330 e. The molecule has 4 fully saturated rings. The highest BCUT2D eigenvalue weighted by molar-refractivity contribution is 5.81. The molecule has 23 heavy (non-hydrogen) atoms. The van der Waals surface area contributed by atoms with Gasteiger partial charge in [0.05, 0.1) is 5.60 Å². The SMILES string of the molecule is C=CC(=O)OC1(CCCC)C2CC3CC1CC(OCCC)(C3)C2. The van der Waals surface area contributed by atoms with E-state index in [2.05, 4.69) is 20.4 Å². The zero-order chi connectivity index (χ0) is 16.5. The van der Waals surface area contributed by atoms with Gasteiger partial charge in [0.25, 0.3) is 0 Å². The van der Waals surface area contributed by atoms with Gasteiger partial charge in [-0.2, -0.15) is 0 Å². The molecule has 2 unspecified atom stereocenters. The van der Waals surface area contributed by atoms with Crippen molar-refractivity contribution in [3.05, 3.63) is 12.7 Å². The molecule has 2 atom stereocenters. The van der Waals surface area contributed by atoms with Crippen LogP contribution in [0.1, 0.15) is 71.6 Å².